The number of rotatable bonds is 6. The van der Waals surface area contributed by atoms with E-state index in [4.69, 9.17) is 0 Å². The zero-order valence-electron chi connectivity index (χ0n) is 10.7. The molecule has 0 aromatic carbocycles. The molecule has 0 amide bonds. The van der Waals surface area contributed by atoms with E-state index in [1.165, 1.54) is 11.1 Å². The lowest BCUT2D eigenvalue weighted by Gasteiger charge is -2.17. The van der Waals surface area contributed by atoms with Gasteiger partial charge in [-0.15, -0.1) is 0 Å². The zero-order chi connectivity index (χ0) is 12.6. The number of nitrogens with one attached hydrogen (secondary N) is 1. The molecule has 0 aliphatic carbocycles. The van der Waals surface area contributed by atoms with E-state index in [1.54, 1.807) is 0 Å². The van der Waals surface area contributed by atoms with Crippen LogP contribution in [0.4, 0.5) is 0 Å². The van der Waals surface area contributed by atoms with E-state index in [9.17, 15) is 0 Å². The van der Waals surface area contributed by atoms with Gasteiger partial charge in [0.15, 0.2) is 0 Å². The maximum absolute atomic E-state index is 4.19. The van der Waals surface area contributed by atoms with Crippen LogP contribution in [0.5, 0.6) is 0 Å². The molecule has 1 N–H and O–H groups in total. The SMILES string of the molecule is CCNC(CCc1ccncc1)c1cccnc1. The van der Waals surface area contributed by atoms with Gasteiger partial charge in [-0.2, -0.15) is 0 Å². The molecule has 0 spiro atoms. The van der Waals surface area contributed by atoms with Crippen molar-refractivity contribution in [1.82, 2.24) is 15.3 Å². The van der Waals surface area contributed by atoms with Gasteiger partial charge in [-0.25, -0.2) is 0 Å². The molecule has 2 rings (SSSR count). The van der Waals surface area contributed by atoms with Gasteiger partial charge in [0.1, 0.15) is 0 Å². The van der Waals surface area contributed by atoms with Crippen LogP contribution in [0.15, 0.2) is 49.1 Å². The van der Waals surface area contributed by atoms with Crippen molar-refractivity contribution in [3.8, 4) is 0 Å². The summed E-state index contributed by atoms with van der Waals surface area (Å²) >= 11 is 0. The summed E-state index contributed by atoms with van der Waals surface area (Å²) in [6.45, 7) is 3.10. The molecule has 0 aliphatic heterocycles. The summed E-state index contributed by atoms with van der Waals surface area (Å²) < 4.78 is 0. The smallest absolute Gasteiger partial charge is 0.0338 e. The van der Waals surface area contributed by atoms with Crippen LogP contribution in [0.3, 0.4) is 0 Å². The molecular formula is C15H19N3. The Balaban J connectivity index is 1.99. The monoisotopic (exact) mass is 241 g/mol. The molecule has 2 heterocycles. The summed E-state index contributed by atoms with van der Waals surface area (Å²) in [5.74, 6) is 0. The number of aromatic nitrogens is 2. The van der Waals surface area contributed by atoms with E-state index in [0.29, 0.717) is 6.04 Å². The summed E-state index contributed by atoms with van der Waals surface area (Å²) in [4.78, 5) is 8.23. The zero-order valence-corrected chi connectivity index (χ0v) is 10.7. The van der Waals surface area contributed by atoms with Crippen LogP contribution in [0.25, 0.3) is 0 Å². The molecule has 94 valence electrons. The first-order valence-electron chi connectivity index (χ1n) is 6.42. The third-order valence-corrected chi connectivity index (χ3v) is 3.01. The highest BCUT2D eigenvalue weighted by Gasteiger charge is 2.09. The Morgan fingerprint density at radius 2 is 1.94 bits per heavy atom. The number of aryl methyl sites for hydroxylation is 1. The molecule has 2 aromatic heterocycles. The third-order valence-electron chi connectivity index (χ3n) is 3.01. The van der Waals surface area contributed by atoms with Crippen molar-refractivity contribution in [2.24, 2.45) is 0 Å². The van der Waals surface area contributed by atoms with Crippen LogP contribution in [0, 0.1) is 0 Å². The Bertz CT molecular complexity index is 442. The lowest BCUT2D eigenvalue weighted by molar-refractivity contribution is 0.514. The summed E-state index contributed by atoms with van der Waals surface area (Å²) in [5.41, 5.74) is 2.59. The second-order valence-corrected chi connectivity index (χ2v) is 4.29. The van der Waals surface area contributed by atoms with E-state index >= 15 is 0 Å². The number of hydrogen-bond acceptors (Lipinski definition) is 3. The quantitative estimate of drug-likeness (QED) is 0.845. The maximum Gasteiger partial charge on any atom is 0.0338 e. The normalized spacial score (nSPS) is 12.3. The Morgan fingerprint density at radius 3 is 2.61 bits per heavy atom. The van der Waals surface area contributed by atoms with Gasteiger partial charge in [-0.05, 0) is 48.7 Å². The number of pyridine rings is 2. The van der Waals surface area contributed by atoms with Crippen LogP contribution in [0.1, 0.15) is 30.5 Å². The molecule has 1 unspecified atom stereocenters. The summed E-state index contributed by atoms with van der Waals surface area (Å²) in [7, 11) is 0. The highest BCUT2D eigenvalue weighted by atomic mass is 14.9. The van der Waals surface area contributed by atoms with Gasteiger partial charge in [0, 0.05) is 30.8 Å². The second kappa shape index (κ2) is 6.87. The number of hydrogen-bond donors (Lipinski definition) is 1. The Hall–Kier alpha value is -1.74. The second-order valence-electron chi connectivity index (χ2n) is 4.29. The largest absolute Gasteiger partial charge is 0.310 e. The maximum atomic E-state index is 4.19. The molecule has 3 heteroatoms. The van der Waals surface area contributed by atoms with E-state index in [-0.39, 0.29) is 0 Å². The highest BCUT2D eigenvalue weighted by molar-refractivity contribution is 5.16. The molecule has 0 saturated heterocycles. The average molecular weight is 241 g/mol. The van der Waals surface area contributed by atoms with Gasteiger partial charge in [0.05, 0.1) is 0 Å². The third kappa shape index (κ3) is 3.64. The Labute approximate surface area is 108 Å². The van der Waals surface area contributed by atoms with Gasteiger partial charge in [0.2, 0.25) is 0 Å². The van der Waals surface area contributed by atoms with Gasteiger partial charge < -0.3 is 5.32 Å². The minimum absolute atomic E-state index is 0.372. The molecule has 3 nitrogen and oxygen atoms in total. The first-order valence-corrected chi connectivity index (χ1v) is 6.42. The molecule has 0 saturated carbocycles. The fraction of sp³-hybridized carbons (Fsp3) is 0.333. The van der Waals surface area contributed by atoms with Gasteiger partial charge in [-0.3, -0.25) is 9.97 Å². The fourth-order valence-electron chi connectivity index (χ4n) is 2.08. The van der Waals surface area contributed by atoms with Crippen LogP contribution >= 0.6 is 0 Å². The lowest BCUT2D eigenvalue weighted by Crippen LogP contribution is -2.21. The van der Waals surface area contributed by atoms with Crippen molar-refractivity contribution in [3.63, 3.8) is 0 Å². The number of nitrogens with zero attached hydrogens (tertiary/aromatic N) is 2. The molecule has 1 atom stereocenters. The molecule has 2 aromatic rings. The minimum atomic E-state index is 0.372. The predicted octanol–water partition coefficient (Wildman–Crippen LogP) is 2.76. The first kappa shape index (κ1) is 12.7. The van der Waals surface area contributed by atoms with Crippen LogP contribution in [-0.2, 0) is 6.42 Å². The summed E-state index contributed by atoms with van der Waals surface area (Å²) in [6.07, 6.45) is 9.58. The van der Waals surface area contributed by atoms with Crippen molar-refractivity contribution in [1.29, 1.82) is 0 Å². The fourth-order valence-corrected chi connectivity index (χ4v) is 2.08. The van der Waals surface area contributed by atoms with Gasteiger partial charge >= 0.3 is 0 Å². The summed E-state index contributed by atoms with van der Waals surface area (Å²) in [5, 5.41) is 3.51. The lowest BCUT2D eigenvalue weighted by atomic mass is 10.0. The Kier molecular flexibility index (Phi) is 4.85. The van der Waals surface area contributed by atoms with Crippen LogP contribution < -0.4 is 5.32 Å². The Morgan fingerprint density at radius 1 is 1.11 bits per heavy atom. The molecular weight excluding hydrogens is 222 g/mol. The van der Waals surface area contributed by atoms with Crippen molar-refractivity contribution in [3.05, 3.63) is 60.2 Å². The predicted molar refractivity (Wildman–Crippen MR) is 73.2 cm³/mol. The average Bonchev–Trinajstić information content (AvgIpc) is 2.45. The molecule has 0 bridgehead atoms. The van der Waals surface area contributed by atoms with Gasteiger partial charge in [0.25, 0.3) is 0 Å². The standard InChI is InChI=1S/C15H19N3/c1-2-18-15(14-4-3-9-17-12-14)6-5-13-7-10-16-11-8-13/h3-4,7-12,15,18H,2,5-6H2,1H3. The van der Waals surface area contributed by atoms with E-state index in [2.05, 4.69) is 40.4 Å². The molecule has 0 aliphatic rings. The minimum Gasteiger partial charge on any atom is -0.310 e. The highest BCUT2D eigenvalue weighted by Crippen LogP contribution is 2.17. The van der Waals surface area contributed by atoms with Crippen molar-refractivity contribution in [2.45, 2.75) is 25.8 Å². The van der Waals surface area contributed by atoms with Gasteiger partial charge in [-0.1, -0.05) is 13.0 Å². The van der Waals surface area contributed by atoms with Crippen molar-refractivity contribution >= 4 is 0 Å². The molecule has 18 heavy (non-hydrogen) atoms. The van der Waals surface area contributed by atoms with Crippen molar-refractivity contribution in [2.75, 3.05) is 6.54 Å². The molecule has 0 radical (unpaired) electrons. The topological polar surface area (TPSA) is 37.8 Å². The first-order chi connectivity index (χ1) is 8.90. The van der Waals surface area contributed by atoms with Crippen LogP contribution in [0.2, 0.25) is 0 Å². The van der Waals surface area contributed by atoms with Crippen molar-refractivity contribution < 1.29 is 0 Å². The van der Waals surface area contributed by atoms with E-state index in [1.807, 2.05) is 30.9 Å². The van der Waals surface area contributed by atoms with E-state index < -0.39 is 0 Å². The summed E-state index contributed by atoms with van der Waals surface area (Å²) in [6, 6.07) is 8.65. The van der Waals surface area contributed by atoms with Crippen LogP contribution in [-0.4, -0.2) is 16.5 Å². The molecule has 0 fully saturated rings. The van der Waals surface area contributed by atoms with E-state index in [0.717, 1.165) is 19.4 Å².